The van der Waals surface area contributed by atoms with Crippen LogP contribution in [0.3, 0.4) is 0 Å². The van der Waals surface area contributed by atoms with Gasteiger partial charge in [0.1, 0.15) is 0 Å². The maximum Gasteiger partial charge on any atom is 0.254 e. The van der Waals surface area contributed by atoms with E-state index in [0.29, 0.717) is 0 Å². The zero-order valence-electron chi connectivity index (χ0n) is 10.6. The number of carbonyl (C=O) groups excluding carboxylic acids is 1. The second-order valence-electron chi connectivity index (χ2n) is 4.86. The van der Waals surface area contributed by atoms with Gasteiger partial charge in [0.25, 0.3) is 5.91 Å². The Balaban J connectivity index is 1.78. The number of hydrogen-bond acceptors (Lipinski definition) is 1. The molecule has 3 heteroatoms. The van der Waals surface area contributed by atoms with Crippen LogP contribution in [0.1, 0.15) is 27.5 Å². The Labute approximate surface area is 117 Å². The molecule has 0 radical (unpaired) electrons. The second kappa shape index (κ2) is 4.71. The SMILES string of the molecule is Cc1ccc(C(=O)N2CC2c2ccccc2Cl)cc1. The maximum atomic E-state index is 12.3. The Morgan fingerprint density at radius 1 is 1.16 bits per heavy atom. The minimum absolute atomic E-state index is 0.0740. The largest absolute Gasteiger partial charge is 0.327 e. The highest BCUT2D eigenvalue weighted by molar-refractivity contribution is 6.31. The van der Waals surface area contributed by atoms with Crippen LogP contribution in [0, 0.1) is 6.92 Å². The summed E-state index contributed by atoms with van der Waals surface area (Å²) in [6.45, 7) is 2.76. The summed E-state index contributed by atoms with van der Waals surface area (Å²) in [6.07, 6.45) is 0. The van der Waals surface area contributed by atoms with Gasteiger partial charge in [-0.2, -0.15) is 0 Å². The standard InChI is InChI=1S/C16H14ClNO/c1-11-6-8-12(9-7-11)16(19)18-10-15(18)13-4-2-3-5-14(13)17/h2-9,15H,10H2,1H3. The van der Waals surface area contributed by atoms with Gasteiger partial charge in [-0.3, -0.25) is 4.79 Å². The predicted octanol–water partition coefficient (Wildman–Crippen LogP) is 3.85. The summed E-state index contributed by atoms with van der Waals surface area (Å²) < 4.78 is 0. The first kappa shape index (κ1) is 12.2. The third-order valence-electron chi connectivity index (χ3n) is 3.44. The summed E-state index contributed by atoms with van der Waals surface area (Å²) in [5.74, 6) is 0.0740. The lowest BCUT2D eigenvalue weighted by Gasteiger charge is -2.06. The van der Waals surface area contributed by atoms with Gasteiger partial charge < -0.3 is 4.90 Å². The summed E-state index contributed by atoms with van der Waals surface area (Å²) in [5.41, 5.74) is 2.93. The van der Waals surface area contributed by atoms with Gasteiger partial charge in [0, 0.05) is 17.1 Å². The number of rotatable bonds is 2. The van der Waals surface area contributed by atoms with Gasteiger partial charge in [0.05, 0.1) is 6.04 Å². The summed E-state index contributed by atoms with van der Waals surface area (Å²) >= 11 is 6.16. The molecule has 0 aliphatic carbocycles. The molecule has 1 heterocycles. The molecule has 1 unspecified atom stereocenters. The van der Waals surface area contributed by atoms with Crippen LogP contribution in [0.2, 0.25) is 5.02 Å². The molecule has 2 nitrogen and oxygen atoms in total. The first-order valence-corrected chi connectivity index (χ1v) is 6.66. The summed E-state index contributed by atoms with van der Waals surface area (Å²) in [5, 5.41) is 0.728. The fraction of sp³-hybridized carbons (Fsp3) is 0.188. The third-order valence-corrected chi connectivity index (χ3v) is 3.78. The molecule has 1 fully saturated rings. The molecule has 0 saturated carbocycles. The van der Waals surface area contributed by atoms with Gasteiger partial charge in [-0.25, -0.2) is 0 Å². The lowest BCUT2D eigenvalue weighted by molar-refractivity contribution is 0.0874. The van der Waals surface area contributed by atoms with Crippen molar-refractivity contribution in [3.63, 3.8) is 0 Å². The van der Waals surface area contributed by atoms with Crippen molar-refractivity contribution in [2.45, 2.75) is 13.0 Å². The molecule has 1 amide bonds. The van der Waals surface area contributed by atoms with E-state index in [-0.39, 0.29) is 11.9 Å². The van der Waals surface area contributed by atoms with Gasteiger partial charge >= 0.3 is 0 Å². The van der Waals surface area contributed by atoms with E-state index in [0.717, 1.165) is 28.3 Å². The fourth-order valence-electron chi connectivity index (χ4n) is 2.24. The highest BCUT2D eigenvalue weighted by Gasteiger charge is 2.40. The first-order valence-electron chi connectivity index (χ1n) is 6.29. The van der Waals surface area contributed by atoms with Crippen LogP contribution in [-0.4, -0.2) is 17.4 Å². The van der Waals surface area contributed by atoms with Crippen LogP contribution >= 0.6 is 11.6 Å². The van der Waals surface area contributed by atoms with Crippen LogP contribution in [0.15, 0.2) is 48.5 Å². The van der Waals surface area contributed by atoms with E-state index in [1.807, 2.05) is 60.4 Å². The molecule has 19 heavy (non-hydrogen) atoms. The lowest BCUT2D eigenvalue weighted by atomic mass is 10.1. The number of nitrogens with zero attached hydrogens (tertiary/aromatic N) is 1. The van der Waals surface area contributed by atoms with Gasteiger partial charge in [-0.05, 0) is 30.7 Å². The van der Waals surface area contributed by atoms with Crippen LogP contribution in [0.25, 0.3) is 0 Å². The smallest absolute Gasteiger partial charge is 0.254 e. The average molecular weight is 272 g/mol. The van der Waals surface area contributed by atoms with Gasteiger partial charge in [0.15, 0.2) is 0 Å². The lowest BCUT2D eigenvalue weighted by Crippen LogP contribution is -2.11. The molecule has 2 aromatic rings. The normalized spacial score (nSPS) is 17.4. The molecule has 0 aromatic heterocycles. The Bertz CT molecular complexity index is 621. The number of benzene rings is 2. The number of amides is 1. The Kier molecular flexibility index (Phi) is 3.03. The van der Waals surface area contributed by atoms with Crippen LogP contribution in [0.5, 0.6) is 0 Å². The van der Waals surface area contributed by atoms with Gasteiger partial charge in [0.2, 0.25) is 0 Å². The average Bonchev–Trinajstić information content (AvgIpc) is 3.19. The van der Waals surface area contributed by atoms with Crippen LogP contribution in [-0.2, 0) is 0 Å². The predicted molar refractivity (Wildman–Crippen MR) is 76.4 cm³/mol. The molecule has 0 spiro atoms. The molecule has 1 atom stereocenters. The Hall–Kier alpha value is -1.80. The number of aryl methyl sites for hydroxylation is 1. The van der Waals surface area contributed by atoms with E-state index in [1.165, 1.54) is 0 Å². The molecular weight excluding hydrogens is 258 g/mol. The highest BCUT2D eigenvalue weighted by atomic mass is 35.5. The van der Waals surface area contributed by atoms with Crippen molar-refractivity contribution in [2.24, 2.45) is 0 Å². The summed E-state index contributed by atoms with van der Waals surface area (Å²) in [7, 11) is 0. The van der Waals surface area contributed by atoms with E-state index < -0.39 is 0 Å². The molecule has 0 bridgehead atoms. The van der Waals surface area contributed by atoms with Crippen molar-refractivity contribution >= 4 is 17.5 Å². The van der Waals surface area contributed by atoms with Crippen molar-refractivity contribution in [1.82, 2.24) is 4.90 Å². The van der Waals surface area contributed by atoms with Crippen molar-refractivity contribution < 1.29 is 4.79 Å². The molecule has 1 saturated heterocycles. The highest BCUT2D eigenvalue weighted by Crippen LogP contribution is 2.39. The Morgan fingerprint density at radius 2 is 1.84 bits per heavy atom. The monoisotopic (exact) mass is 271 g/mol. The molecule has 1 aliphatic rings. The van der Waals surface area contributed by atoms with Crippen LogP contribution < -0.4 is 0 Å². The van der Waals surface area contributed by atoms with E-state index in [9.17, 15) is 4.79 Å². The van der Waals surface area contributed by atoms with E-state index >= 15 is 0 Å². The van der Waals surface area contributed by atoms with Crippen molar-refractivity contribution in [3.8, 4) is 0 Å². The van der Waals surface area contributed by atoms with E-state index in [1.54, 1.807) is 0 Å². The second-order valence-corrected chi connectivity index (χ2v) is 5.27. The fourth-order valence-corrected chi connectivity index (χ4v) is 2.50. The zero-order valence-corrected chi connectivity index (χ0v) is 11.4. The molecule has 3 rings (SSSR count). The van der Waals surface area contributed by atoms with E-state index in [4.69, 9.17) is 11.6 Å². The third kappa shape index (κ3) is 2.36. The minimum atomic E-state index is 0.0740. The van der Waals surface area contributed by atoms with Crippen molar-refractivity contribution in [3.05, 3.63) is 70.2 Å². The minimum Gasteiger partial charge on any atom is -0.327 e. The zero-order chi connectivity index (χ0) is 13.4. The van der Waals surface area contributed by atoms with Crippen molar-refractivity contribution in [2.75, 3.05) is 6.54 Å². The molecular formula is C16H14ClNO. The molecule has 0 N–H and O–H groups in total. The quantitative estimate of drug-likeness (QED) is 0.760. The van der Waals surface area contributed by atoms with Crippen molar-refractivity contribution in [1.29, 1.82) is 0 Å². The number of hydrogen-bond donors (Lipinski definition) is 0. The summed E-state index contributed by atoms with van der Waals surface area (Å²) in [4.78, 5) is 14.1. The Morgan fingerprint density at radius 3 is 2.53 bits per heavy atom. The molecule has 96 valence electrons. The van der Waals surface area contributed by atoms with E-state index in [2.05, 4.69) is 0 Å². The molecule has 2 aromatic carbocycles. The number of carbonyl (C=O) groups is 1. The number of halogens is 1. The first-order chi connectivity index (χ1) is 9.16. The topological polar surface area (TPSA) is 20.1 Å². The van der Waals surface area contributed by atoms with Crippen LogP contribution in [0.4, 0.5) is 0 Å². The maximum absolute atomic E-state index is 12.3. The van der Waals surface area contributed by atoms with Gasteiger partial charge in [-0.1, -0.05) is 47.5 Å². The summed E-state index contributed by atoms with van der Waals surface area (Å²) in [6, 6.07) is 15.5. The van der Waals surface area contributed by atoms with Gasteiger partial charge in [-0.15, -0.1) is 0 Å². The molecule has 1 aliphatic heterocycles.